The van der Waals surface area contributed by atoms with Gasteiger partial charge in [0.1, 0.15) is 5.75 Å². The van der Waals surface area contributed by atoms with E-state index < -0.39 is 0 Å². The molecule has 0 heterocycles. The highest BCUT2D eigenvalue weighted by atomic mass is 127. The van der Waals surface area contributed by atoms with Crippen LogP contribution in [-0.4, -0.2) is 45.8 Å². The molecule has 0 unspecified atom stereocenters. The van der Waals surface area contributed by atoms with Crippen LogP contribution in [0.25, 0.3) is 0 Å². The summed E-state index contributed by atoms with van der Waals surface area (Å²) >= 11 is 0. The fourth-order valence-corrected chi connectivity index (χ4v) is 2.78. The molecule has 0 amide bonds. The third-order valence-corrected chi connectivity index (χ3v) is 4.14. The van der Waals surface area contributed by atoms with Crippen LogP contribution < -0.4 is 19.5 Å². The van der Waals surface area contributed by atoms with Gasteiger partial charge in [-0.15, -0.1) is 24.0 Å². The van der Waals surface area contributed by atoms with Crippen LogP contribution in [-0.2, 0) is 13.1 Å². The maximum absolute atomic E-state index is 5.50. The number of rotatable bonds is 8. The van der Waals surface area contributed by atoms with Crippen molar-refractivity contribution < 1.29 is 14.2 Å². The molecule has 2 aromatic carbocycles. The molecule has 0 aliphatic rings. The van der Waals surface area contributed by atoms with Gasteiger partial charge in [0.15, 0.2) is 17.5 Å². The maximum atomic E-state index is 5.50. The fraction of sp³-hybridized carbons (Fsp3) is 0.381. The van der Waals surface area contributed by atoms with E-state index in [4.69, 9.17) is 19.2 Å². The smallest absolute Gasteiger partial charge is 0.194 e. The zero-order valence-electron chi connectivity index (χ0n) is 17.2. The molecule has 1 N–H and O–H groups in total. The molecule has 0 aliphatic heterocycles. The molecule has 0 fully saturated rings. The van der Waals surface area contributed by atoms with Crippen molar-refractivity contribution in [1.29, 1.82) is 0 Å². The van der Waals surface area contributed by atoms with Crippen molar-refractivity contribution in [3.05, 3.63) is 53.6 Å². The molecule has 0 bridgehead atoms. The highest BCUT2D eigenvalue weighted by Crippen LogP contribution is 2.34. The van der Waals surface area contributed by atoms with E-state index in [1.54, 1.807) is 21.3 Å². The Morgan fingerprint density at radius 1 is 0.964 bits per heavy atom. The van der Waals surface area contributed by atoms with Gasteiger partial charge in [-0.25, -0.2) is 4.99 Å². The maximum Gasteiger partial charge on any atom is 0.194 e. The normalized spacial score (nSPS) is 10.7. The lowest BCUT2D eigenvalue weighted by atomic mass is 10.1. The molecule has 0 atom stereocenters. The van der Waals surface area contributed by atoms with Crippen molar-refractivity contribution in [1.82, 2.24) is 10.2 Å². The van der Waals surface area contributed by atoms with Gasteiger partial charge >= 0.3 is 0 Å². The monoisotopic (exact) mass is 499 g/mol. The lowest BCUT2D eigenvalue weighted by molar-refractivity contribution is 0.347. The summed E-state index contributed by atoms with van der Waals surface area (Å²) in [6.45, 7) is 4.09. The largest absolute Gasteiger partial charge is 0.496 e. The third-order valence-electron chi connectivity index (χ3n) is 4.14. The van der Waals surface area contributed by atoms with Crippen molar-refractivity contribution in [3.8, 4) is 17.2 Å². The first-order valence-corrected chi connectivity index (χ1v) is 8.95. The van der Waals surface area contributed by atoms with Gasteiger partial charge in [0.2, 0.25) is 0 Å². The second kappa shape index (κ2) is 12.3. The Hall–Kier alpha value is -2.16. The molecule has 0 saturated heterocycles. The summed E-state index contributed by atoms with van der Waals surface area (Å²) in [5, 5.41) is 3.34. The number of guanidine groups is 1. The van der Waals surface area contributed by atoms with Gasteiger partial charge < -0.3 is 24.4 Å². The lowest BCUT2D eigenvalue weighted by Gasteiger charge is -2.22. The molecule has 2 aromatic rings. The zero-order valence-corrected chi connectivity index (χ0v) is 19.5. The van der Waals surface area contributed by atoms with Crippen LogP contribution in [0, 0.1) is 0 Å². The molecule has 2 rings (SSSR count). The predicted molar refractivity (Wildman–Crippen MR) is 124 cm³/mol. The Morgan fingerprint density at radius 2 is 1.57 bits per heavy atom. The van der Waals surface area contributed by atoms with Crippen LogP contribution in [0.3, 0.4) is 0 Å². The van der Waals surface area contributed by atoms with E-state index in [-0.39, 0.29) is 24.0 Å². The Kier molecular flexibility index (Phi) is 10.5. The van der Waals surface area contributed by atoms with Gasteiger partial charge in [0.25, 0.3) is 0 Å². The summed E-state index contributed by atoms with van der Waals surface area (Å²) in [5.74, 6) is 2.84. The highest BCUT2D eigenvalue weighted by molar-refractivity contribution is 14.0. The van der Waals surface area contributed by atoms with E-state index in [9.17, 15) is 0 Å². The average Bonchev–Trinajstić information content (AvgIpc) is 2.71. The molecule has 28 heavy (non-hydrogen) atoms. The van der Waals surface area contributed by atoms with E-state index in [2.05, 4.69) is 29.3 Å². The van der Waals surface area contributed by atoms with Crippen molar-refractivity contribution in [2.24, 2.45) is 4.99 Å². The quantitative estimate of drug-likeness (QED) is 0.339. The van der Waals surface area contributed by atoms with E-state index >= 15 is 0 Å². The topological polar surface area (TPSA) is 55.3 Å². The first kappa shape index (κ1) is 23.9. The van der Waals surface area contributed by atoms with Crippen LogP contribution in [0.4, 0.5) is 0 Å². The van der Waals surface area contributed by atoms with Crippen LogP contribution in [0.15, 0.2) is 47.5 Å². The van der Waals surface area contributed by atoms with Gasteiger partial charge in [0.05, 0.1) is 27.9 Å². The first-order chi connectivity index (χ1) is 13.1. The Bertz CT molecular complexity index is 754. The number of benzene rings is 2. The number of aliphatic imine (C=N–C) groups is 1. The summed E-state index contributed by atoms with van der Waals surface area (Å²) < 4.78 is 16.2. The molecule has 0 aromatic heterocycles. The summed E-state index contributed by atoms with van der Waals surface area (Å²) in [6.07, 6.45) is 0. The minimum absolute atomic E-state index is 0. The standard InChI is InChI=1S/C21H29N3O3.HI/c1-6-22-21(24(2)15-16-10-8-7-9-11-16)23-14-17-12-19(26-4)20(27-5)13-18(17)25-3;/h7-13H,6,14-15H2,1-5H3,(H,22,23);1H. The highest BCUT2D eigenvalue weighted by Gasteiger charge is 2.13. The molecular formula is C21H30IN3O3. The second-order valence-electron chi connectivity index (χ2n) is 6.03. The fourth-order valence-electron chi connectivity index (χ4n) is 2.78. The van der Waals surface area contributed by atoms with Crippen molar-refractivity contribution in [2.75, 3.05) is 34.9 Å². The number of hydrogen-bond donors (Lipinski definition) is 1. The van der Waals surface area contributed by atoms with Gasteiger partial charge in [-0.3, -0.25) is 0 Å². The van der Waals surface area contributed by atoms with Crippen molar-refractivity contribution in [3.63, 3.8) is 0 Å². The third kappa shape index (κ3) is 6.47. The van der Waals surface area contributed by atoms with E-state index in [1.807, 2.05) is 37.4 Å². The van der Waals surface area contributed by atoms with E-state index in [1.165, 1.54) is 5.56 Å². The number of halogens is 1. The Labute approximate surface area is 184 Å². The van der Waals surface area contributed by atoms with Crippen molar-refractivity contribution >= 4 is 29.9 Å². The summed E-state index contributed by atoms with van der Waals surface area (Å²) in [4.78, 5) is 6.88. The summed E-state index contributed by atoms with van der Waals surface area (Å²) in [5.41, 5.74) is 2.16. The van der Waals surface area contributed by atoms with Gasteiger partial charge in [-0.1, -0.05) is 30.3 Å². The molecule has 0 radical (unpaired) electrons. The van der Waals surface area contributed by atoms with Crippen LogP contribution in [0.5, 0.6) is 17.2 Å². The van der Waals surface area contributed by atoms with Crippen LogP contribution >= 0.6 is 24.0 Å². The molecule has 0 spiro atoms. The average molecular weight is 499 g/mol. The van der Waals surface area contributed by atoms with Crippen LogP contribution in [0.2, 0.25) is 0 Å². The molecular weight excluding hydrogens is 469 g/mol. The predicted octanol–water partition coefficient (Wildman–Crippen LogP) is 3.93. The molecule has 6 nitrogen and oxygen atoms in total. The Morgan fingerprint density at radius 3 is 2.14 bits per heavy atom. The molecule has 0 saturated carbocycles. The minimum Gasteiger partial charge on any atom is -0.496 e. The zero-order chi connectivity index (χ0) is 19.6. The second-order valence-corrected chi connectivity index (χ2v) is 6.03. The number of methoxy groups -OCH3 is 3. The van der Waals surface area contributed by atoms with E-state index in [0.717, 1.165) is 30.4 Å². The molecule has 7 heteroatoms. The van der Waals surface area contributed by atoms with Gasteiger partial charge in [0, 0.05) is 31.8 Å². The van der Waals surface area contributed by atoms with Crippen LogP contribution in [0.1, 0.15) is 18.1 Å². The number of hydrogen-bond acceptors (Lipinski definition) is 4. The Balaban J connectivity index is 0.00000392. The lowest BCUT2D eigenvalue weighted by Crippen LogP contribution is -2.38. The summed E-state index contributed by atoms with van der Waals surface area (Å²) in [6, 6.07) is 14.1. The van der Waals surface area contributed by atoms with E-state index in [0.29, 0.717) is 18.0 Å². The minimum atomic E-state index is 0. The SMILES string of the molecule is CCNC(=NCc1cc(OC)c(OC)cc1OC)N(C)Cc1ccccc1.I. The molecule has 154 valence electrons. The summed E-state index contributed by atoms with van der Waals surface area (Å²) in [7, 11) is 6.90. The van der Waals surface area contributed by atoms with Gasteiger partial charge in [-0.05, 0) is 18.6 Å². The van der Waals surface area contributed by atoms with Crippen molar-refractivity contribution in [2.45, 2.75) is 20.0 Å². The number of nitrogens with one attached hydrogen (secondary N) is 1. The molecule has 0 aliphatic carbocycles. The first-order valence-electron chi connectivity index (χ1n) is 8.95. The van der Waals surface area contributed by atoms with Gasteiger partial charge in [-0.2, -0.15) is 0 Å². The number of ether oxygens (including phenoxy) is 3. The number of nitrogens with zero attached hydrogens (tertiary/aromatic N) is 2.